The van der Waals surface area contributed by atoms with Gasteiger partial charge >= 0.3 is 0 Å². The Labute approximate surface area is 184 Å². The molecule has 2 aliphatic heterocycles. The molecule has 2 aliphatic rings. The molecule has 0 saturated carbocycles. The lowest BCUT2D eigenvalue weighted by molar-refractivity contribution is 0.0341. The van der Waals surface area contributed by atoms with E-state index < -0.39 is 0 Å². The monoisotopic (exact) mass is 424 g/mol. The summed E-state index contributed by atoms with van der Waals surface area (Å²) in [5, 5.41) is 6.80. The van der Waals surface area contributed by atoms with Crippen molar-refractivity contribution in [3.63, 3.8) is 0 Å². The van der Waals surface area contributed by atoms with Gasteiger partial charge in [-0.2, -0.15) is 0 Å². The molecule has 0 unspecified atom stereocenters. The smallest absolute Gasteiger partial charge is 0.231 e. The summed E-state index contributed by atoms with van der Waals surface area (Å²) in [6.07, 6.45) is 0.884. The topological polar surface area (TPSA) is 67.4 Å². The number of nitrogens with one attached hydrogen (secondary N) is 2. The largest absolute Gasteiger partial charge is 0.454 e. The summed E-state index contributed by atoms with van der Waals surface area (Å²) >= 11 is 0. The number of ether oxygens (including phenoxy) is 3. The van der Waals surface area contributed by atoms with Crippen LogP contribution >= 0.6 is 0 Å². The highest BCUT2D eigenvalue weighted by molar-refractivity contribution is 5.79. The number of morpholine rings is 1. The normalized spacial score (nSPS) is 16.4. The van der Waals surface area contributed by atoms with Crippen LogP contribution < -0.4 is 20.1 Å². The van der Waals surface area contributed by atoms with Crippen LogP contribution in [-0.4, -0.2) is 57.0 Å². The van der Waals surface area contributed by atoms with Crippen LogP contribution in [0.5, 0.6) is 11.5 Å². The van der Waals surface area contributed by atoms with Gasteiger partial charge < -0.3 is 24.8 Å². The fraction of sp³-hybridized carbons (Fsp3) is 0.458. The van der Waals surface area contributed by atoms with E-state index in [9.17, 15) is 0 Å². The van der Waals surface area contributed by atoms with Crippen molar-refractivity contribution in [2.24, 2.45) is 4.99 Å². The minimum absolute atomic E-state index is 0.307. The van der Waals surface area contributed by atoms with E-state index in [4.69, 9.17) is 19.2 Å². The summed E-state index contributed by atoms with van der Waals surface area (Å²) in [4.78, 5) is 7.28. The SMILES string of the molecule is CCNC(=NCc1ccccc1CN1CCOCC1)NCCc1ccc2c(c1)OCO2. The lowest BCUT2D eigenvalue weighted by atomic mass is 10.1. The first kappa shape index (κ1) is 21.5. The maximum atomic E-state index is 5.47. The molecule has 1 fully saturated rings. The van der Waals surface area contributed by atoms with Crippen LogP contribution in [0.4, 0.5) is 0 Å². The van der Waals surface area contributed by atoms with E-state index in [1.807, 2.05) is 6.07 Å². The van der Waals surface area contributed by atoms with Crippen LogP contribution in [0, 0.1) is 0 Å². The van der Waals surface area contributed by atoms with Crippen molar-refractivity contribution in [1.82, 2.24) is 15.5 Å². The Morgan fingerprint density at radius 2 is 1.81 bits per heavy atom. The molecule has 0 aromatic heterocycles. The van der Waals surface area contributed by atoms with Crippen molar-refractivity contribution in [2.75, 3.05) is 46.2 Å². The Hall–Kier alpha value is -2.77. The molecule has 2 heterocycles. The lowest BCUT2D eigenvalue weighted by Gasteiger charge is -2.27. The second-order valence-electron chi connectivity index (χ2n) is 7.72. The maximum absolute atomic E-state index is 5.47. The average Bonchev–Trinajstić information content (AvgIpc) is 3.27. The van der Waals surface area contributed by atoms with Gasteiger partial charge in [0.15, 0.2) is 17.5 Å². The fourth-order valence-electron chi connectivity index (χ4n) is 3.79. The van der Waals surface area contributed by atoms with Gasteiger partial charge in [-0.3, -0.25) is 4.90 Å². The second kappa shape index (κ2) is 11.0. The van der Waals surface area contributed by atoms with Gasteiger partial charge in [0.1, 0.15) is 0 Å². The van der Waals surface area contributed by atoms with E-state index in [0.29, 0.717) is 13.3 Å². The van der Waals surface area contributed by atoms with E-state index in [1.165, 1.54) is 16.7 Å². The number of hydrogen-bond acceptors (Lipinski definition) is 5. The molecule has 0 amide bonds. The quantitative estimate of drug-likeness (QED) is 0.502. The Balaban J connectivity index is 1.33. The third kappa shape index (κ3) is 6.12. The van der Waals surface area contributed by atoms with E-state index in [0.717, 1.165) is 69.8 Å². The van der Waals surface area contributed by atoms with Gasteiger partial charge in [0, 0.05) is 32.7 Å². The molecule has 2 N–H and O–H groups in total. The Kier molecular flexibility index (Phi) is 7.63. The first-order chi connectivity index (χ1) is 15.3. The predicted molar refractivity (Wildman–Crippen MR) is 122 cm³/mol. The standard InChI is InChI=1S/C24H32N4O3/c1-2-25-24(26-10-9-19-7-8-22-23(15-19)31-18-30-22)27-16-20-5-3-4-6-21(20)17-28-11-13-29-14-12-28/h3-8,15H,2,9-14,16-18H2,1H3,(H2,25,26,27). The molecule has 31 heavy (non-hydrogen) atoms. The molecule has 0 bridgehead atoms. The number of benzene rings is 2. The molecule has 2 aromatic carbocycles. The second-order valence-corrected chi connectivity index (χ2v) is 7.72. The minimum Gasteiger partial charge on any atom is -0.454 e. The van der Waals surface area contributed by atoms with Gasteiger partial charge in [-0.15, -0.1) is 0 Å². The number of aliphatic imine (C=N–C) groups is 1. The summed E-state index contributed by atoms with van der Waals surface area (Å²) in [6, 6.07) is 14.7. The van der Waals surface area contributed by atoms with Crippen LogP contribution in [0.2, 0.25) is 0 Å². The van der Waals surface area contributed by atoms with Gasteiger partial charge in [0.05, 0.1) is 19.8 Å². The first-order valence-corrected chi connectivity index (χ1v) is 11.1. The number of hydrogen-bond donors (Lipinski definition) is 2. The molecule has 0 atom stereocenters. The summed E-state index contributed by atoms with van der Waals surface area (Å²) in [5.74, 6) is 2.49. The summed E-state index contributed by atoms with van der Waals surface area (Å²) < 4.78 is 16.3. The molecule has 0 radical (unpaired) electrons. The Morgan fingerprint density at radius 1 is 1.00 bits per heavy atom. The lowest BCUT2D eigenvalue weighted by Crippen LogP contribution is -2.38. The van der Waals surface area contributed by atoms with E-state index in [1.54, 1.807) is 0 Å². The van der Waals surface area contributed by atoms with Crippen molar-refractivity contribution in [2.45, 2.75) is 26.4 Å². The van der Waals surface area contributed by atoms with Gasteiger partial charge in [0.2, 0.25) is 6.79 Å². The molecule has 7 nitrogen and oxygen atoms in total. The minimum atomic E-state index is 0.307. The highest BCUT2D eigenvalue weighted by atomic mass is 16.7. The number of guanidine groups is 1. The maximum Gasteiger partial charge on any atom is 0.231 e. The number of rotatable bonds is 8. The molecular formula is C24H32N4O3. The van der Waals surface area contributed by atoms with Gasteiger partial charge in [0.25, 0.3) is 0 Å². The van der Waals surface area contributed by atoms with Gasteiger partial charge in [-0.1, -0.05) is 30.3 Å². The average molecular weight is 425 g/mol. The molecular weight excluding hydrogens is 392 g/mol. The van der Waals surface area contributed by atoms with Gasteiger partial charge in [-0.05, 0) is 42.2 Å². The zero-order chi connectivity index (χ0) is 21.3. The first-order valence-electron chi connectivity index (χ1n) is 11.1. The molecule has 2 aromatic rings. The van der Waals surface area contributed by atoms with Crippen LogP contribution in [0.1, 0.15) is 23.6 Å². The van der Waals surface area contributed by atoms with Gasteiger partial charge in [-0.25, -0.2) is 4.99 Å². The molecule has 0 spiro atoms. The third-order valence-electron chi connectivity index (χ3n) is 5.51. The molecule has 4 rings (SSSR count). The molecule has 7 heteroatoms. The highest BCUT2D eigenvalue weighted by Crippen LogP contribution is 2.32. The van der Waals surface area contributed by atoms with Crippen molar-refractivity contribution >= 4 is 5.96 Å². The summed E-state index contributed by atoms with van der Waals surface area (Å²) in [6.45, 7) is 9.22. The number of fused-ring (bicyclic) bond motifs is 1. The molecule has 1 saturated heterocycles. The van der Waals surface area contributed by atoms with E-state index in [2.05, 4.69) is 58.9 Å². The Bertz CT molecular complexity index is 881. The van der Waals surface area contributed by atoms with Crippen LogP contribution in [0.25, 0.3) is 0 Å². The van der Waals surface area contributed by atoms with E-state index in [-0.39, 0.29) is 0 Å². The summed E-state index contributed by atoms with van der Waals surface area (Å²) in [5.41, 5.74) is 3.81. The van der Waals surface area contributed by atoms with E-state index >= 15 is 0 Å². The zero-order valence-electron chi connectivity index (χ0n) is 18.2. The zero-order valence-corrected chi connectivity index (χ0v) is 18.2. The van der Waals surface area contributed by atoms with Crippen LogP contribution in [0.3, 0.4) is 0 Å². The number of nitrogens with zero attached hydrogens (tertiary/aromatic N) is 2. The summed E-state index contributed by atoms with van der Waals surface area (Å²) in [7, 11) is 0. The highest BCUT2D eigenvalue weighted by Gasteiger charge is 2.14. The van der Waals surface area contributed by atoms with Crippen molar-refractivity contribution in [3.8, 4) is 11.5 Å². The van der Waals surface area contributed by atoms with Crippen molar-refractivity contribution in [1.29, 1.82) is 0 Å². The van der Waals surface area contributed by atoms with Crippen molar-refractivity contribution < 1.29 is 14.2 Å². The van der Waals surface area contributed by atoms with Crippen molar-refractivity contribution in [3.05, 3.63) is 59.2 Å². The third-order valence-corrected chi connectivity index (χ3v) is 5.51. The Morgan fingerprint density at radius 3 is 2.65 bits per heavy atom. The molecule has 0 aliphatic carbocycles. The van der Waals surface area contributed by atoms with Crippen LogP contribution in [0.15, 0.2) is 47.5 Å². The predicted octanol–water partition coefficient (Wildman–Crippen LogP) is 2.55. The molecule has 166 valence electrons. The van der Waals surface area contributed by atoms with Crippen LogP contribution in [-0.2, 0) is 24.2 Å². The fourth-order valence-corrected chi connectivity index (χ4v) is 3.79.